The highest BCUT2D eigenvalue weighted by atomic mass is 16.5. The molecule has 0 spiro atoms. The van der Waals surface area contributed by atoms with E-state index in [1.165, 1.54) is 5.56 Å². The maximum Gasteiger partial charge on any atom is 0.244 e. The van der Waals surface area contributed by atoms with E-state index in [4.69, 9.17) is 4.74 Å². The summed E-state index contributed by atoms with van der Waals surface area (Å²) in [6, 6.07) is 17.1. The number of ether oxygens (including phenoxy) is 1. The number of nitrogens with one attached hydrogen (secondary N) is 1. The van der Waals surface area contributed by atoms with Crippen LogP contribution in [0.1, 0.15) is 29.8 Å². The summed E-state index contributed by atoms with van der Waals surface area (Å²) in [6.07, 6.45) is 1.74. The molecule has 0 aliphatic rings. The van der Waals surface area contributed by atoms with Crippen LogP contribution in [-0.2, 0) is 17.9 Å². The normalized spacial score (nSPS) is 11.8. The topological polar surface area (TPSA) is 69.0 Å². The van der Waals surface area contributed by atoms with Crippen LogP contribution in [0.4, 0.5) is 0 Å². The summed E-state index contributed by atoms with van der Waals surface area (Å²) < 4.78 is 7.19. The largest absolute Gasteiger partial charge is 0.487 e. The minimum atomic E-state index is -0.446. The third-order valence-corrected chi connectivity index (χ3v) is 4.05. The molecule has 0 bridgehead atoms. The molecule has 1 N–H and O–H groups in total. The molecule has 0 saturated heterocycles. The van der Waals surface area contributed by atoms with Gasteiger partial charge in [0.05, 0.1) is 6.20 Å². The van der Waals surface area contributed by atoms with Crippen LogP contribution in [0, 0.1) is 6.92 Å². The van der Waals surface area contributed by atoms with Crippen LogP contribution in [0.5, 0.6) is 5.75 Å². The number of aryl methyl sites for hydroxylation is 1. The van der Waals surface area contributed by atoms with Gasteiger partial charge in [0, 0.05) is 6.54 Å². The van der Waals surface area contributed by atoms with Crippen molar-refractivity contribution >= 4 is 5.91 Å². The second kappa shape index (κ2) is 8.29. The number of amides is 1. The molecule has 3 aromatic rings. The highest BCUT2D eigenvalue weighted by Crippen LogP contribution is 2.12. The van der Waals surface area contributed by atoms with Gasteiger partial charge in [-0.3, -0.25) is 4.79 Å². The van der Waals surface area contributed by atoms with Crippen molar-refractivity contribution in [1.29, 1.82) is 0 Å². The van der Waals surface area contributed by atoms with Crippen LogP contribution < -0.4 is 10.1 Å². The first-order valence-corrected chi connectivity index (χ1v) is 8.53. The summed E-state index contributed by atoms with van der Waals surface area (Å²) in [5.74, 6) is 0.664. The van der Waals surface area contributed by atoms with Crippen LogP contribution >= 0.6 is 0 Å². The van der Waals surface area contributed by atoms with E-state index in [1.54, 1.807) is 17.8 Å². The molecule has 3 rings (SSSR count). The SMILES string of the molecule is Cc1ccc(CNC(=O)C(C)n2cc(COc3ccccc3)nn2)cc1. The molecule has 6 nitrogen and oxygen atoms in total. The Hall–Kier alpha value is -3.15. The fraction of sp³-hybridized carbons (Fsp3) is 0.250. The third kappa shape index (κ3) is 4.69. The standard InChI is InChI=1S/C20H22N4O2/c1-15-8-10-17(11-9-15)12-21-20(25)16(2)24-13-18(22-23-24)14-26-19-6-4-3-5-7-19/h3-11,13,16H,12,14H2,1-2H3,(H,21,25). The first kappa shape index (κ1) is 17.7. The maximum atomic E-state index is 12.3. The van der Waals surface area contributed by atoms with Crippen LogP contribution in [0.3, 0.4) is 0 Å². The van der Waals surface area contributed by atoms with Gasteiger partial charge in [0.1, 0.15) is 24.1 Å². The van der Waals surface area contributed by atoms with E-state index in [1.807, 2.05) is 61.5 Å². The fourth-order valence-electron chi connectivity index (χ4n) is 2.41. The third-order valence-electron chi connectivity index (χ3n) is 4.05. The van der Waals surface area contributed by atoms with Crippen molar-refractivity contribution in [3.8, 4) is 5.75 Å². The van der Waals surface area contributed by atoms with Crippen molar-refractivity contribution in [3.63, 3.8) is 0 Å². The number of rotatable bonds is 7. The molecule has 0 saturated carbocycles. The highest BCUT2D eigenvalue weighted by Gasteiger charge is 2.16. The van der Waals surface area contributed by atoms with Crippen molar-refractivity contribution < 1.29 is 9.53 Å². The van der Waals surface area contributed by atoms with Gasteiger partial charge in [-0.15, -0.1) is 5.10 Å². The molecule has 26 heavy (non-hydrogen) atoms. The first-order valence-electron chi connectivity index (χ1n) is 8.53. The van der Waals surface area contributed by atoms with Gasteiger partial charge in [0.15, 0.2) is 0 Å². The van der Waals surface area contributed by atoms with E-state index >= 15 is 0 Å². The highest BCUT2D eigenvalue weighted by molar-refractivity contribution is 5.79. The second-order valence-electron chi connectivity index (χ2n) is 6.17. The summed E-state index contributed by atoms with van der Waals surface area (Å²) in [6.45, 7) is 4.62. The average Bonchev–Trinajstić information content (AvgIpc) is 3.15. The Labute approximate surface area is 152 Å². The zero-order valence-electron chi connectivity index (χ0n) is 14.9. The monoisotopic (exact) mass is 350 g/mol. The summed E-state index contributed by atoms with van der Waals surface area (Å²) in [5.41, 5.74) is 2.93. The number of benzene rings is 2. The number of nitrogens with zero attached hydrogens (tertiary/aromatic N) is 3. The van der Waals surface area contributed by atoms with Crippen LogP contribution in [-0.4, -0.2) is 20.9 Å². The zero-order valence-corrected chi connectivity index (χ0v) is 14.9. The Morgan fingerprint density at radius 3 is 2.62 bits per heavy atom. The molecule has 0 radical (unpaired) electrons. The van der Waals surface area contributed by atoms with Crippen molar-refractivity contribution in [2.75, 3.05) is 0 Å². The van der Waals surface area contributed by atoms with Gasteiger partial charge in [-0.05, 0) is 31.5 Å². The van der Waals surface area contributed by atoms with Gasteiger partial charge in [0.2, 0.25) is 5.91 Å². The predicted octanol–water partition coefficient (Wildman–Crippen LogP) is 3.04. The van der Waals surface area contributed by atoms with E-state index in [-0.39, 0.29) is 5.91 Å². The number of hydrogen-bond donors (Lipinski definition) is 1. The molecular formula is C20H22N4O2. The van der Waals surface area contributed by atoms with Crippen molar-refractivity contribution in [3.05, 3.63) is 77.6 Å². The number of carbonyl (C=O) groups is 1. The minimum Gasteiger partial charge on any atom is -0.487 e. The number of hydrogen-bond acceptors (Lipinski definition) is 4. The van der Waals surface area contributed by atoms with Crippen molar-refractivity contribution in [2.45, 2.75) is 33.0 Å². The lowest BCUT2D eigenvalue weighted by atomic mass is 10.1. The molecule has 1 amide bonds. The van der Waals surface area contributed by atoms with Gasteiger partial charge >= 0.3 is 0 Å². The van der Waals surface area contributed by atoms with Gasteiger partial charge in [-0.2, -0.15) is 0 Å². The van der Waals surface area contributed by atoms with Crippen molar-refractivity contribution in [1.82, 2.24) is 20.3 Å². The fourth-order valence-corrected chi connectivity index (χ4v) is 2.41. The Morgan fingerprint density at radius 2 is 1.88 bits per heavy atom. The van der Waals surface area contributed by atoms with Crippen LogP contribution in [0.15, 0.2) is 60.8 Å². The lowest BCUT2D eigenvalue weighted by Gasteiger charge is -2.12. The van der Waals surface area contributed by atoms with Gasteiger partial charge in [0.25, 0.3) is 0 Å². The van der Waals surface area contributed by atoms with E-state index in [0.717, 1.165) is 11.3 Å². The zero-order chi connectivity index (χ0) is 18.4. The molecule has 6 heteroatoms. The van der Waals surface area contributed by atoms with E-state index in [9.17, 15) is 4.79 Å². The van der Waals surface area contributed by atoms with Crippen molar-refractivity contribution in [2.24, 2.45) is 0 Å². The average molecular weight is 350 g/mol. The Kier molecular flexibility index (Phi) is 5.63. The van der Waals surface area contributed by atoms with Gasteiger partial charge in [-0.1, -0.05) is 53.2 Å². The lowest BCUT2D eigenvalue weighted by Crippen LogP contribution is -2.30. The molecule has 0 aliphatic heterocycles. The molecule has 1 aromatic heterocycles. The molecule has 1 heterocycles. The van der Waals surface area contributed by atoms with Crippen LogP contribution in [0.2, 0.25) is 0 Å². The molecular weight excluding hydrogens is 328 g/mol. The van der Waals surface area contributed by atoms with E-state index in [0.29, 0.717) is 18.8 Å². The molecule has 1 unspecified atom stereocenters. The summed E-state index contributed by atoms with van der Waals surface area (Å²) in [4.78, 5) is 12.3. The van der Waals surface area contributed by atoms with Gasteiger partial charge in [-0.25, -0.2) is 4.68 Å². The summed E-state index contributed by atoms with van der Waals surface area (Å²) >= 11 is 0. The molecule has 0 aliphatic carbocycles. The molecule has 2 aromatic carbocycles. The second-order valence-corrected chi connectivity index (χ2v) is 6.17. The summed E-state index contributed by atoms with van der Waals surface area (Å²) in [7, 11) is 0. The van der Waals surface area contributed by atoms with E-state index < -0.39 is 6.04 Å². The smallest absolute Gasteiger partial charge is 0.244 e. The number of aromatic nitrogens is 3. The van der Waals surface area contributed by atoms with Crippen LogP contribution in [0.25, 0.3) is 0 Å². The Bertz CT molecular complexity index is 844. The molecule has 0 fully saturated rings. The molecule has 1 atom stereocenters. The number of carbonyl (C=O) groups excluding carboxylic acids is 1. The summed E-state index contributed by atoms with van der Waals surface area (Å²) in [5, 5.41) is 11.0. The first-order chi connectivity index (χ1) is 12.6. The minimum absolute atomic E-state index is 0.106. The molecule has 134 valence electrons. The maximum absolute atomic E-state index is 12.3. The Balaban J connectivity index is 1.52. The predicted molar refractivity (Wildman–Crippen MR) is 98.5 cm³/mol. The number of para-hydroxylation sites is 1. The quantitative estimate of drug-likeness (QED) is 0.711. The Morgan fingerprint density at radius 1 is 1.15 bits per heavy atom. The van der Waals surface area contributed by atoms with E-state index in [2.05, 4.69) is 15.6 Å². The lowest BCUT2D eigenvalue weighted by molar-refractivity contribution is -0.124. The van der Waals surface area contributed by atoms with Gasteiger partial charge < -0.3 is 10.1 Å².